The summed E-state index contributed by atoms with van der Waals surface area (Å²) in [4.78, 5) is 15.5. The smallest absolute Gasteiger partial charge is 0.225 e. The lowest BCUT2D eigenvalue weighted by Gasteiger charge is -2.20. The minimum atomic E-state index is -0.00683. The third kappa shape index (κ3) is 5.56. The van der Waals surface area contributed by atoms with Crippen LogP contribution < -0.4 is 19.5 Å². The summed E-state index contributed by atoms with van der Waals surface area (Å²) in [5.74, 6) is 1.83. The lowest BCUT2D eigenvalue weighted by Crippen LogP contribution is -2.24. The van der Waals surface area contributed by atoms with Crippen LogP contribution in [-0.4, -0.2) is 52.0 Å². The average molecular weight is 405 g/mol. The number of ether oxygens (including phenoxy) is 3. The molecule has 2 aromatic carbocycles. The summed E-state index contributed by atoms with van der Waals surface area (Å²) < 4.78 is 16.3. The van der Waals surface area contributed by atoms with Crippen LogP contribution in [0.5, 0.6) is 17.2 Å². The van der Waals surface area contributed by atoms with E-state index >= 15 is 0 Å². The van der Waals surface area contributed by atoms with Crippen LogP contribution in [0.4, 0.5) is 5.69 Å². The predicted octanol–water partition coefficient (Wildman–Crippen LogP) is 3.89. The molecule has 2 rings (SSSR count). The fourth-order valence-corrected chi connectivity index (χ4v) is 3.46. The average Bonchev–Trinajstić information content (AvgIpc) is 2.72. The molecule has 0 aromatic heterocycles. The molecule has 2 aromatic rings. The third-order valence-corrected chi connectivity index (χ3v) is 5.12. The fraction of sp³-hybridized carbons (Fsp3) is 0.381. The summed E-state index contributed by atoms with van der Waals surface area (Å²) in [6.07, 6.45) is 2.39. The molecule has 0 saturated carbocycles. The van der Waals surface area contributed by atoms with Crippen molar-refractivity contribution in [2.45, 2.75) is 17.9 Å². The molecule has 0 fully saturated rings. The molecule has 0 aliphatic carbocycles. The van der Waals surface area contributed by atoms with E-state index in [0.717, 1.165) is 16.1 Å². The van der Waals surface area contributed by atoms with Gasteiger partial charge in [0.25, 0.3) is 0 Å². The number of rotatable bonds is 10. The molecule has 1 amide bonds. The van der Waals surface area contributed by atoms with E-state index in [0.29, 0.717) is 36.8 Å². The van der Waals surface area contributed by atoms with E-state index in [9.17, 15) is 4.79 Å². The van der Waals surface area contributed by atoms with Crippen molar-refractivity contribution >= 4 is 23.4 Å². The van der Waals surface area contributed by atoms with Crippen molar-refractivity contribution in [3.63, 3.8) is 0 Å². The monoisotopic (exact) mass is 404 g/mol. The molecule has 0 atom stereocenters. The molecule has 6 nitrogen and oxygen atoms in total. The molecule has 1 N–H and O–H groups in total. The second kappa shape index (κ2) is 10.8. The Labute approximate surface area is 171 Å². The van der Waals surface area contributed by atoms with Crippen LogP contribution in [0.2, 0.25) is 0 Å². The Morgan fingerprint density at radius 1 is 1.04 bits per heavy atom. The first-order valence-corrected chi connectivity index (χ1v) is 10.2. The Kier molecular flexibility index (Phi) is 8.47. The first-order valence-electron chi connectivity index (χ1n) is 8.93. The maximum absolute atomic E-state index is 12.3. The van der Waals surface area contributed by atoms with Gasteiger partial charge >= 0.3 is 0 Å². The van der Waals surface area contributed by atoms with Gasteiger partial charge in [-0.1, -0.05) is 18.2 Å². The van der Waals surface area contributed by atoms with Gasteiger partial charge in [0.05, 0.1) is 27.0 Å². The van der Waals surface area contributed by atoms with E-state index in [1.807, 2.05) is 49.7 Å². The van der Waals surface area contributed by atoms with Gasteiger partial charge in [0.1, 0.15) is 0 Å². The van der Waals surface area contributed by atoms with Gasteiger partial charge in [-0.3, -0.25) is 4.79 Å². The predicted molar refractivity (Wildman–Crippen MR) is 114 cm³/mol. The molecular formula is C21H28N2O4S. The Hall–Kier alpha value is -2.38. The quantitative estimate of drug-likeness (QED) is 0.606. The fourth-order valence-electron chi connectivity index (χ4n) is 2.91. The number of thioether (sulfide) groups is 1. The van der Waals surface area contributed by atoms with Crippen LogP contribution >= 0.6 is 11.8 Å². The minimum absolute atomic E-state index is 0.00683. The van der Waals surface area contributed by atoms with Gasteiger partial charge in [-0.05, 0) is 31.5 Å². The van der Waals surface area contributed by atoms with Crippen molar-refractivity contribution in [3.8, 4) is 17.2 Å². The highest BCUT2D eigenvalue weighted by atomic mass is 32.2. The van der Waals surface area contributed by atoms with Crippen molar-refractivity contribution in [2.75, 3.05) is 46.5 Å². The van der Waals surface area contributed by atoms with Gasteiger partial charge in [0.2, 0.25) is 11.7 Å². The number of anilines is 1. The summed E-state index contributed by atoms with van der Waals surface area (Å²) >= 11 is 1.61. The van der Waals surface area contributed by atoms with Crippen LogP contribution in [0, 0.1) is 0 Å². The molecule has 28 heavy (non-hydrogen) atoms. The summed E-state index contributed by atoms with van der Waals surface area (Å²) in [6.45, 7) is 1.24. The van der Waals surface area contributed by atoms with E-state index in [2.05, 4.69) is 10.2 Å². The second-order valence-electron chi connectivity index (χ2n) is 6.23. The number of benzene rings is 2. The van der Waals surface area contributed by atoms with Crippen molar-refractivity contribution in [2.24, 2.45) is 0 Å². The Morgan fingerprint density at radius 2 is 1.75 bits per heavy atom. The molecule has 7 heteroatoms. The van der Waals surface area contributed by atoms with Gasteiger partial charge < -0.3 is 24.4 Å². The molecule has 152 valence electrons. The summed E-state index contributed by atoms with van der Waals surface area (Å²) in [6, 6.07) is 11.6. The standard InChI is InChI=1S/C21H28N2O4S/c1-23(13-12-19(24)22-16-8-6-7-9-18(16)28-5)14-15-10-11-17(25-2)21(27-4)20(15)26-3/h6-11H,12-14H2,1-5H3,(H,22,24). The molecule has 0 radical (unpaired) electrons. The first-order chi connectivity index (χ1) is 13.5. The summed E-state index contributed by atoms with van der Waals surface area (Å²) in [5.41, 5.74) is 1.82. The van der Waals surface area contributed by atoms with E-state index in [-0.39, 0.29) is 5.91 Å². The zero-order valence-electron chi connectivity index (χ0n) is 17.1. The number of hydrogen-bond acceptors (Lipinski definition) is 6. The number of carbonyl (C=O) groups is 1. The largest absolute Gasteiger partial charge is 0.493 e. The number of para-hydroxylation sites is 1. The van der Waals surface area contributed by atoms with Crippen LogP contribution in [0.15, 0.2) is 41.3 Å². The Balaban J connectivity index is 1.97. The van der Waals surface area contributed by atoms with Crippen molar-refractivity contribution in [1.82, 2.24) is 4.90 Å². The topological polar surface area (TPSA) is 60.0 Å². The highest BCUT2D eigenvalue weighted by molar-refractivity contribution is 7.98. The minimum Gasteiger partial charge on any atom is -0.493 e. The van der Waals surface area contributed by atoms with Gasteiger partial charge in [0, 0.05) is 30.0 Å². The summed E-state index contributed by atoms with van der Waals surface area (Å²) in [7, 11) is 6.76. The first kappa shape index (κ1) is 21.9. The van der Waals surface area contributed by atoms with Crippen LogP contribution in [0.25, 0.3) is 0 Å². The van der Waals surface area contributed by atoms with E-state index < -0.39 is 0 Å². The highest BCUT2D eigenvalue weighted by Gasteiger charge is 2.17. The number of hydrogen-bond donors (Lipinski definition) is 1. The van der Waals surface area contributed by atoms with Crippen LogP contribution in [0.3, 0.4) is 0 Å². The van der Waals surface area contributed by atoms with Crippen molar-refractivity contribution in [1.29, 1.82) is 0 Å². The van der Waals surface area contributed by atoms with E-state index in [1.54, 1.807) is 33.1 Å². The van der Waals surface area contributed by atoms with Gasteiger partial charge in [-0.25, -0.2) is 0 Å². The second-order valence-corrected chi connectivity index (χ2v) is 7.08. The molecule has 0 spiro atoms. The Bertz CT molecular complexity index is 798. The highest BCUT2D eigenvalue weighted by Crippen LogP contribution is 2.40. The van der Waals surface area contributed by atoms with Gasteiger partial charge in [-0.15, -0.1) is 11.8 Å². The number of nitrogens with zero attached hydrogens (tertiary/aromatic N) is 1. The molecule has 0 unspecified atom stereocenters. The lowest BCUT2D eigenvalue weighted by atomic mass is 10.1. The van der Waals surface area contributed by atoms with Gasteiger partial charge in [0.15, 0.2) is 11.5 Å². The SMILES string of the molecule is COc1ccc(CN(C)CCC(=O)Nc2ccccc2SC)c(OC)c1OC. The number of carbonyl (C=O) groups excluding carboxylic acids is 1. The van der Waals surface area contributed by atoms with Crippen molar-refractivity contribution in [3.05, 3.63) is 42.0 Å². The van der Waals surface area contributed by atoms with E-state index in [4.69, 9.17) is 14.2 Å². The lowest BCUT2D eigenvalue weighted by molar-refractivity contribution is -0.116. The Morgan fingerprint density at radius 3 is 2.39 bits per heavy atom. The molecule has 0 heterocycles. The zero-order chi connectivity index (χ0) is 20.5. The van der Waals surface area contributed by atoms with Crippen molar-refractivity contribution < 1.29 is 19.0 Å². The van der Waals surface area contributed by atoms with Crippen LogP contribution in [0.1, 0.15) is 12.0 Å². The maximum atomic E-state index is 12.3. The molecule has 0 aliphatic heterocycles. The molecule has 0 aliphatic rings. The van der Waals surface area contributed by atoms with Gasteiger partial charge in [-0.2, -0.15) is 0 Å². The molecular weight excluding hydrogens is 376 g/mol. The number of nitrogens with one attached hydrogen (secondary N) is 1. The zero-order valence-corrected chi connectivity index (χ0v) is 17.9. The summed E-state index contributed by atoms with van der Waals surface area (Å²) in [5, 5.41) is 2.99. The molecule has 0 bridgehead atoms. The number of methoxy groups -OCH3 is 3. The van der Waals surface area contributed by atoms with E-state index in [1.165, 1.54) is 0 Å². The normalized spacial score (nSPS) is 10.6. The van der Waals surface area contributed by atoms with Crippen LogP contribution in [-0.2, 0) is 11.3 Å². The number of amides is 1. The molecule has 0 saturated heterocycles. The third-order valence-electron chi connectivity index (χ3n) is 4.33. The maximum Gasteiger partial charge on any atom is 0.225 e.